The molecule has 0 radical (unpaired) electrons. The first-order valence-corrected chi connectivity index (χ1v) is 6.98. The Morgan fingerprint density at radius 2 is 2.21 bits per heavy atom. The summed E-state index contributed by atoms with van der Waals surface area (Å²) in [4.78, 5) is 14.0. The number of hydrogen-bond donors (Lipinski definition) is 1. The largest absolute Gasteiger partial charge is 0.381 e. The summed E-state index contributed by atoms with van der Waals surface area (Å²) in [7, 11) is 0. The summed E-state index contributed by atoms with van der Waals surface area (Å²) in [5.74, 6) is 0.468. The van der Waals surface area contributed by atoms with Crippen molar-refractivity contribution >= 4 is 11.7 Å². The van der Waals surface area contributed by atoms with Crippen LogP contribution in [0.5, 0.6) is 0 Å². The van der Waals surface area contributed by atoms with Gasteiger partial charge in [0.25, 0.3) is 0 Å². The SMILES string of the molecule is CCOCC1CCCN(C(=O)Nc2ccccc2)C1. The lowest BCUT2D eigenvalue weighted by Crippen LogP contribution is -2.43. The molecule has 1 fully saturated rings. The van der Waals surface area contributed by atoms with Crippen LogP contribution in [0, 0.1) is 5.92 Å². The Kier molecular flexibility index (Phi) is 5.21. The van der Waals surface area contributed by atoms with Crippen molar-refractivity contribution in [1.82, 2.24) is 4.90 Å². The molecule has 4 nitrogen and oxygen atoms in total. The van der Waals surface area contributed by atoms with E-state index in [1.807, 2.05) is 42.2 Å². The highest BCUT2D eigenvalue weighted by Crippen LogP contribution is 2.18. The average Bonchev–Trinajstić information content (AvgIpc) is 2.46. The van der Waals surface area contributed by atoms with Crippen LogP contribution in [-0.2, 0) is 4.74 Å². The first-order chi connectivity index (χ1) is 9.29. The molecule has 1 aliphatic heterocycles. The minimum absolute atomic E-state index is 0.00704. The highest BCUT2D eigenvalue weighted by atomic mass is 16.5. The Hall–Kier alpha value is -1.55. The average molecular weight is 262 g/mol. The lowest BCUT2D eigenvalue weighted by atomic mass is 9.99. The number of amides is 2. The van der Waals surface area contributed by atoms with Crippen LogP contribution in [-0.4, -0.2) is 37.2 Å². The topological polar surface area (TPSA) is 41.6 Å². The molecule has 1 N–H and O–H groups in total. The lowest BCUT2D eigenvalue weighted by molar-refractivity contribution is 0.0777. The summed E-state index contributed by atoms with van der Waals surface area (Å²) in [6.45, 7) is 5.13. The molecule has 2 amide bonds. The third-order valence-corrected chi connectivity index (χ3v) is 3.39. The number of anilines is 1. The molecular formula is C15H22N2O2. The minimum atomic E-state index is -0.00704. The van der Waals surface area contributed by atoms with E-state index in [1.165, 1.54) is 0 Å². The van der Waals surface area contributed by atoms with E-state index < -0.39 is 0 Å². The second kappa shape index (κ2) is 7.14. The van der Waals surface area contributed by atoms with E-state index >= 15 is 0 Å². The van der Waals surface area contributed by atoms with Crippen LogP contribution in [0.25, 0.3) is 0 Å². The van der Waals surface area contributed by atoms with Crippen molar-refractivity contribution in [2.24, 2.45) is 5.92 Å². The van der Waals surface area contributed by atoms with Crippen molar-refractivity contribution in [2.45, 2.75) is 19.8 Å². The molecule has 1 aromatic rings. The maximum atomic E-state index is 12.2. The van der Waals surface area contributed by atoms with Crippen LogP contribution >= 0.6 is 0 Å². The van der Waals surface area contributed by atoms with Crippen molar-refractivity contribution in [3.63, 3.8) is 0 Å². The van der Waals surface area contributed by atoms with Crippen LogP contribution in [0.1, 0.15) is 19.8 Å². The van der Waals surface area contributed by atoms with Gasteiger partial charge < -0.3 is 15.0 Å². The molecule has 0 bridgehead atoms. The monoisotopic (exact) mass is 262 g/mol. The zero-order valence-corrected chi connectivity index (χ0v) is 11.5. The van der Waals surface area contributed by atoms with Gasteiger partial charge in [-0.05, 0) is 31.9 Å². The molecule has 0 aromatic heterocycles. The fourth-order valence-electron chi connectivity index (χ4n) is 2.39. The Balaban J connectivity index is 1.85. The number of nitrogens with one attached hydrogen (secondary N) is 1. The third-order valence-electron chi connectivity index (χ3n) is 3.39. The molecule has 19 heavy (non-hydrogen) atoms. The molecule has 1 atom stereocenters. The standard InChI is InChI=1S/C15H22N2O2/c1-2-19-12-13-7-6-10-17(11-13)15(18)16-14-8-4-3-5-9-14/h3-5,8-9,13H,2,6-7,10-12H2,1H3,(H,16,18). The summed E-state index contributed by atoms with van der Waals surface area (Å²) in [6, 6.07) is 9.58. The highest BCUT2D eigenvalue weighted by molar-refractivity contribution is 5.89. The van der Waals surface area contributed by atoms with Crippen molar-refractivity contribution in [1.29, 1.82) is 0 Å². The maximum Gasteiger partial charge on any atom is 0.321 e. The van der Waals surface area contributed by atoms with Gasteiger partial charge in [0.2, 0.25) is 0 Å². The number of carbonyl (C=O) groups excluding carboxylic acids is 1. The molecule has 104 valence electrons. The van der Waals surface area contributed by atoms with Gasteiger partial charge in [0.15, 0.2) is 0 Å². The normalized spacial score (nSPS) is 19.2. The van der Waals surface area contributed by atoms with Crippen molar-refractivity contribution in [3.05, 3.63) is 30.3 Å². The summed E-state index contributed by atoms with van der Waals surface area (Å²) in [5.41, 5.74) is 0.847. The van der Waals surface area contributed by atoms with Crippen molar-refractivity contribution in [3.8, 4) is 0 Å². The zero-order chi connectivity index (χ0) is 13.5. The van der Waals surface area contributed by atoms with E-state index in [9.17, 15) is 4.79 Å². The maximum absolute atomic E-state index is 12.2. The number of urea groups is 1. The molecule has 1 saturated heterocycles. The number of benzene rings is 1. The number of rotatable bonds is 4. The number of carbonyl (C=O) groups is 1. The Bertz CT molecular complexity index is 394. The van der Waals surface area contributed by atoms with E-state index in [4.69, 9.17) is 4.74 Å². The first-order valence-electron chi connectivity index (χ1n) is 6.98. The van der Waals surface area contributed by atoms with Crippen LogP contribution in [0.3, 0.4) is 0 Å². The fourth-order valence-corrected chi connectivity index (χ4v) is 2.39. The van der Waals surface area contributed by atoms with E-state index in [0.29, 0.717) is 5.92 Å². The lowest BCUT2D eigenvalue weighted by Gasteiger charge is -2.32. The number of hydrogen-bond acceptors (Lipinski definition) is 2. The highest BCUT2D eigenvalue weighted by Gasteiger charge is 2.23. The van der Waals surface area contributed by atoms with Gasteiger partial charge in [-0.1, -0.05) is 18.2 Å². The number of likely N-dealkylation sites (tertiary alicyclic amines) is 1. The molecular weight excluding hydrogens is 240 g/mol. The smallest absolute Gasteiger partial charge is 0.321 e. The van der Waals surface area contributed by atoms with E-state index in [0.717, 1.165) is 44.8 Å². The Morgan fingerprint density at radius 1 is 1.42 bits per heavy atom. The summed E-state index contributed by atoms with van der Waals surface area (Å²) in [6.07, 6.45) is 2.20. The van der Waals surface area contributed by atoms with Crippen molar-refractivity contribution in [2.75, 3.05) is 31.6 Å². The molecule has 0 saturated carbocycles. The molecule has 1 aliphatic rings. The van der Waals surface area contributed by atoms with Gasteiger partial charge in [-0.3, -0.25) is 0 Å². The summed E-state index contributed by atoms with van der Waals surface area (Å²) >= 11 is 0. The second-order valence-corrected chi connectivity index (χ2v) is 4.91. The second-order valence-electron chi connectivity index (χ2n) is 4.91. The first kappa shape index (κ1) is 13.9. The van der Waals surface area contributed by atoms with Gasteiger partial charge in [0.05, 0.1) is 6.61 Å². The van der Waals surface area contributed by atoms with Gasteiger partial charge in [0, 0.05) is 31.3 Å². The quantitative estimate of drug-likeness (QED) is 0.906. The van der Waals surface area contributed by atoms with Crippen molar-refractivity contribution < 1.29 is 9.53 Å². The van der Waals surface area contributed by atoms with Crippen LogP contribution in [0.2, 0.25) is 0 Å². The number of para-hydroxylation sites is 1. The van der Waals surface area contributed by atoms with Gasteiger partial charge in [-0.25, -0.2) is 4.79 Å². The predicted octanol–water partition coefficient (Wildman–Crippen LogP) is 2.97. The molecule has 1 heterocycles. The van der Waals surface area contributed by atoms with Gasteiger partial charge in [-0.2, -0.15) is 0 Å². The molecule has 1 aromatic carbocycles. The van der Waals surface area contributed by atoms with Crippen LogP contribution < -0.4 is 5.32 Å². The molecule has 0 spiro atoms. The van der Waals surface area contributed by atoms with Crippen LogP contribution in [0.4, 0.5) is 10.5 Å². The van der Waals surface area contributed by atoms with Gasteiger partial charge in [0.1, 0.15) is 0 Å². The summed E-state index contributed by atoms with van der Waals surface area (Å²) in [5, 5.41) is 2.93. The van der Waals surface area contributed by atoms with Gasteiger partial charge in [-0.15, -0.1) is 0 Å². The third kappa shape index (κ3) is 4.24. The van der Waals surface area contributed by atoms with E-state index in [2.05, 4.69) is 5.32 Å². The number of nitrogens with zero attached hydrogens (tertiary/aromatic N) is 1. The Morgan fingerprint density at radius 3 is 2.95 bits per heavy atom. The molecule has 2 rings (SSSR count). The zero-order valence-electron chi connectivity index (χ0n) is 11.5. The van der Waals surface area contributed by atoms with E-state index in [-0.39, 0.29) is 6.03 Å². The van der Waals surface area contributed by atoms with E-state index in [1.54, 1.807) is 0 Å². The predicted molar refractivity (Wildman–Crippen MR) is 76.3 cm³/mol. The summed E-state index contributed by atoms with van der Waals surface area (Å²) < 4.78 is 5.46. The molecule has 1 unspecified atom stereocenters. The number of ether oxygens (including phenoxy) is 1. The van der Waals surface area contributed by atoms with Crippen LogP contribution in [0.15, 0.2) is 30.3 Å². The Labute approximate surface area is 114 Å². The number of piperidine rings is 1. The fraction of sp³-hybridized carbons (Fsp3) is 0.533. The molecule has 0 aliphatic carbocycles. The molecule has 4 heteroatoms. The van der Waals surface area contributed by atoms with Gasteiger partial charge >= 0.3 is 6.03 Å². The minimum Gasteiger partial charge on any atom is -0.381 e.